The van der Waals surface area contributed by atoms with Crippen LogP contribution in [0, 0.1) is 0 Å². The van der Waals surface area contributed by atoms with Crippen molar-refractivity contribution < 1.29 is 9.59 Å². The van der Waals surface area contributed by atoms with E-state index < -0.39 is 0 Å². The Morgan fingerprint density at radius 1 is 1.14 bits per heavy atom. The van der Waals surface area contributed by atoms with Crippen LogP contribution in [-0.4, -0.2) is 29.8 Å². The highest BCUT2D eigenvalue weighted by atomic mass is 16.2. The van der Waals surface area contributed by atoms with Crippen LogP contribution in [-0.2, 0) is 15.0 Å². The number of carbonyl (C=O) groups excluding carboxylic acids is 2. The van der Waals surface area contributed by atoms with Gasteiger partial charge in [0.2, 0.25) is 11.8 Å². The van der Waals surface area contributed by atoms with Crippen molar-refractivity contribution in [2.75, 3.05) is 18.4 Å². The van der Waals surface area contributed by atoms with Crippen LogP contribution in [0.5, 0.6) is 0 Å². The van der Waals surface area contributed by atoms with Gasteiger partial charge in [0.1, 0.15) is 0 Å². The lowest BCUT2D eigenvalue weighted by atomic mass is 9.87. The molecule has 4 nitrogen and oxygen atoms in total. The summed E-state index contributed by atoms with van der Waals surface area (Å²) in [5.41, 5.74) is 2.11. The number of rotatable bonds is 3. The van der Waals surface area contributed by atoms with Crippen molar-refractivity contribution in [1.29, 1.82) is 0 Å². The third-order valence-corrected chi connectivity index (χ3v) is 4.04. The van der Waals surface area contributed by atoms with Gasteiger partial charge in [0, 0.05) is 18.7 Å². The molecule has 0 radical (unpaired) electrons. The van der Waals surface area contributed by atoms with Crippen molar-refractivity contribution in [3.63, 3.8) is 0 Å². The Kier molecular flexibility index (Phi) is 5.22. The number of likely N-dealkylation sites (tertiary alicyclic amines) is 1. The summed E-state index contributed by atoms with van der Waals surface area (Å²) in [6, 6.07) is 7.91. The summed E-state index contributed by atoms with van der Waals surface area (Å²) >= 11 is 0. The van der Waals surface area contributed by atoms with Gasteiger partial charge in [0.25, 0.3) is 0 Å². The minimum absolute atomic E-state index is 0.0933. The number of hydrogen-bond acceptors (Lipinski definition) is 2. The monoisotopic (exact) mass is 302 g/mol. The Morgan fingerprint density at radius 3 is 2.45 bits per heavy atom. The predicted octanol–water partition coefficient (Wildman–Crippen LogP) is 3.33. The largest absolute Gasteiger partial charge is 0.333 e. The molecule has 0 spiro atoms. The maximum absolute atomic E-state index is 12.1. The molecule has 120 valence electrons. The zero-order valence-corrected chi connectivity index (χ0v) is 13.8. The number of amides is 2. The predicted molar refractivity (Wildman–Crippen MR) is 88.8 cm³/mol. The topological polar surface area (TPSA) is 49.4 Å². The maximum atomic E-state index is 12.1. The molecule has 0 atom stereocenters. The molecule has 4 heteroatoms. The molecule has 1 fully saturated rings. The van der Waals surface area contributed by atoms with Gasteiger partial charge in [0.05, 0.1) is 6.54 Å². The molecule has 1 aromatic rings. The summed E-state index contributed by atoms with van der Waals surface area (Å²) in [6.07, 6.45) is 3.55. The summed E-state index contributed by atoms with van der Waals surface area (Å²) in [5.74, 6) is -0.0329. The Bertz CT molecular complexity index is 529. The first-order chi connectivity index (χ1) is 10.4. The number of anilines is 1. The fourth-order valence-electron chi connectivity index (χ4n) is 2.63. The van der Waals surface area contributed by atoms with E-state index in [1.807, 2.05) is 24.3 Å². The lowest BCUT2D eigenvalue weighted by Gasteiger charge is -2.21. The Labute approximate surface area is 132 Å². The number of carbonyl (C=O) groups is 2. The van der Waals surface area contributed by atoms with E-state index in [-0.39, 0.29) is 23.8 Å². The van der Waals surface area contributed by atoms with E-state index in [2.05, 4.69) is 26.1 Å². The second-order valence-corrected chi connectivity index (χ2v) is 7.00. The van der Waals surface area contributed by atoms with Crippen molar-refractivity contribution in [3.05, 3.63) is 29.8 Å². The highest BCUT2D eigenvalue weighted by Gasteiger charge is 2.19. The average Bonchev–Trinajstić information content (AvgIpc) is 2.64. The molecule has 0 unspecified atom stereocenters. The normalized spacial score (nSPS) is 16.3. The van der Waals surface area contributed by atoms with Crippen LogP contribution in [0.2, 0.25) is 0 Å². The number of hydrogen-bond donors (Lipinski definition) is 1. The lowest BCUT2D eigenvalue weighted by molar-refractivity contribution is -0.134. The average molecular weight is 302 g/mol. The molecule has 1 heterocycles. The van der Waals surface area contributed by atoms with Crippen LogP contribution in [0.1, 0.15) is 52.0 Å². The van der Waals surface area contributed by atoms with Crippen molar-refractivity contribution >= 4 is 17.5 Å². The van der Waals surface area contributed by atoms with Crippen molar-refractivity contribution in [1.82, 2.24) is 4.90 Å². The van der Waals surface area contributed by atoms with E-state index in [1.54, 1.807) is 4.90 Å². The molecule has 1 aromatic carbocycles. The van der Waals surface area contributed by atoms with Gasteiger partial charge in [-0.05, 0) is 36.0 Å². The van der Waals surface area contributed by atoms with Crippen LogP contribution in [0.4, 0.5) is 5.69 Å². The minimum Gasteiger partial charge on any atom is -0.333 e. The molecule has 1 saturated heterocycles. The molecular weight excluding hydrogens is 276 g/mol. The first kappa shape index (κ1) is 16.5. The van der Waals surface area contributed by atoms with Crippen LogP contribution in [0.15, 0.2) is 24.3 Å². The Hall–Kier alpha value is -1.84. The van der Waals surface area contributed by atoms with E-state index in [0.29, 0.717) is 13.0 Å². The molecule has 2 amide bonds. The number of nitrogens with one attached hydrogen (secondary N) is 1. The Balaban J connectivity index is 1.92. The summed E-state index contributed by atoms with van der Waals surface area (Å²) in [7, 11) is 0. The molecule has 0 aromatic heterocycles. The third kappa shape index (κ3) is 4.58. The maximum Gasteiger partial charge on any atom is 0.243 e. The van der Waals surface area contributed by atoms with Crippen molar-refractivity contribution in [3.8, 4) is 0 Å². The fraction of sp³-hybridized carbons (Fsp3) is 0.556. The summed E-state index contributed by atoms with van der Waals surface area (Å²) in [5, 5.41) is 2.88. The van der Waals surface area contributed by atoms with Gasteiger partial charge in [0.15, 0.2) is 0 Å². The van der Waals surface area contributed by atoms with E-state index in [9.17, 15) is 9.59 Å². The smallest absolute Gasteiger partial charge is 0.243 e. The molecule has 2 rings (SSSR count). The van der Waals surface area contributed by atoms with E-state index in [1.165, 1.54) is 5.56 Å². The molecule has 1 aliphatic heterocycles. The van der Waals surface area contributed by atoms with Gasteiger partial charge < -0.3 is 10.2 Å². The molecule has 1 aliphatic rings. The fourth-order valence-corrected chi connectivity index (χ4v) is 2.63. The van der Waals surface area contributed by atoms with Gasteiger partial charge in [-0.1, -0.05) is 39.3 Å². The summed E-state index contributed by atoms with van der Waals surface area (Å²) in [6.45, 7) is 7.32. The SMILES string of the molecule is CC(C)(C)c1ccc(NC(=O)CN2CCCCCC2=O)cc1. The third-order valence-electron chi connectivity index (χ3n) is 4.04. The lowest BCUT2D eigenvalue weighted by Crippen LogP contribution is -2.37. The van der Waals surface area contributed by atoms with E-state index in [4.69, 9.17) is 0 Å². The zero-order chi connectivity index (χ0) is 16.2. The van der Waals surface area contributed by atoms with E-state index in [0.717, 1.165) is 24.9 Å². The number of nitrogens with zero attached hydrogens (tertiary/aromatic N) is 1. The molecule has 0 bridgehead atoms. The highest BCUT2D eigenvalue weighted by molar-refractivity contribution is 5.94. The van der Waals surface area contributed by atoms with Gasteiger partial charge in [-0.15, -0.1) is 0 Å². The minimum atomic E-state index is -0.126. The van der Waals surface area contributed by atoms with Crippen LogP contribution in [0.25, 0.3) is 0 Å². The van der Waals surface area contributed by atoms with Crippen molar-refractivity contribution in [2.24, 2.45) is 0 Å². The van der Waals surface area contributed by atoms with Crippen LogP contribution >= 0.6 is 0 Å². The van der Waals surface area contributed by atoms with Gasteiger partial charge in [-0.25, -0.2) is 0 Å². The molecular formula is C18H26N2O2. The Morgan fingerprint density at radius 2 is 1.82 bits per heavy atom. The summed E-state index contributed by atoms with van der Waals surface area (Å²) in [4.78, 5) is 25.7. The zero-order valence-electron chi connectivity index (χ0n) is 13.8. The first-order valence-electron chi connectivity index (χ1n) is 8.04. The van der Waals surface area contributed by atoms with Gasteiger partial charge >= 0.3 is 0 Å². The summed E-state index contributed by atoms with van der Waals surface area (Å²) < 4.78 is 0. The second-order valence-electron chi connectivity index (χ2n) is 7.00. The molecule has 1 N–H and O–H groups in total. The van der Waals surface area contributed by atoms with Gasteiger partial charge in [-0.2, -0.15) is 0 Å². The van der Waals surface area contributed by atoms with E-state index >= 15 is 0 Å². The quantitative estimate of drug-likeness (QED) is 0.931. The molecule has 0 aliphatic carbocycles. The van der Waals surface area contributed by atoms with Crippen molar-refractivity contribution in [2.45, 2.75) is 51.9 Å². The first-order valence-corrected chi connectivity index (χ1v) is 8.04. The highest BCUT2D eigenvalue weighted by Crippen LogP contribution is 2.23. The van der Waals surface area contributed by atoms with Gasteiger partial charge in [-0.3, -0.25) is 9.59 Å². The molecule has 0 saturated carbocycles. The second kappa shape index (κ2) is 6.95. The van der Waals surface area contributed by atoms with Crippen LogP contribution in [0.3, 0.4) is 0 Å². The number of benzene rings is 1. The van der Waals surface area contributed by atoms with Crippen LogP contribution < -0.4 is 5.32 Å². The standard InChI is InChI=1S/C18H26N2O2/c1-18(2,3)14-8-10-15(11-9-14)19-16(21)13-20-12-6-4-5-7-17(20)22/h8-11H,4-7,12-13H2,1-3H3,(H,19,21). The molecule has 22 heavy (non-hydrogen) atoms.